The highest BCUT2D eigenvalue weighted by Crippen LogP contribution is 2.26. The van der Waals surface area contributed by atoms with E-state index in [-0.39, 0.29) is 5.56 Å². The third-order valence-corrected chi connectivity index (χ3v) is 3.92. The van der Waals surface area contributed by atoms with Crippen LogP contribution in [0.1, 0.15) is 48.3 Å². The summed E-state index contributed by atoms with van der Waals surface area (Å²) in [7, 11) is 0. The second kappa shape index (κ2) is 4.99. The smallest absolute Gasteiger partial charge is 0.337 e. The van der Waals surface area contributed by atoms with Crippen molar-refractivity contribution < 1.29 is 9.90 Å². The normalized spacial score (nSPS) is 16.8. The van der Waals surface area contributed by atoms with Crippen LogP contribution >= 0.6 is 0 Å². The highest BCUT2D eigenvalue weighted by atomic mass is 16.4. The van der Waals surface area contributed by atoms with Crippen LogP contribution in [0, 0.1) is 5.92 Å². The first-order chi connectivity index (χ1) is 9.24. The molecule has 19 heavy (non-hydrogen) atoms. The lowest BCUT2D eigenvalue weighted by Gasteiger charge is -2.20. The van der Waals surface area contributed by atoms with E-state index in [1.807, 2.05) is 4.40 Å². The Balaban J connectivity index is 1.89. The summed E-state index contributed by atoms with van der Waals surface area (Å²) in [5.41, 5.74) is 0.994. The monoisotopic (exact) mass is 259 g/mol. The van der Waals surface area contributed by atoms with Gasteiger partial charge in [0.2, 0.25) is 0 Å². The third-order valence-electron chi connectivity index (χ3n) is 3.92. The molecule has 0 aliphatic heterocycles. The number of pyridine rings is 1. The lowest BCUT2D eigenvalue weighted by Crippen LogP contribution is -2.11. The van der Waals surface area contributed by atoms with E-state index in [0.717, 1.165) is 17.9 Å². The summed E-state index contributed by atoms with van der Waals surface area (Å²) in [4.78, 5) is 11.0. The summed E-state index contributed by atoms with van der Waals surface area (Å²) in [5.74, 6) is 0.624. The topological polar surface area (TPSA) is 67.5 Å². The Morgan fingerprint density at radius 2 is 2.05 bits per heavy atom. The first kappa shape index (κ1) is 12.1. The number of aromatic nitrogens is 3. The first-order valence-corrected chi connectivity index (χ1v) is 6.81. The second-order valence-corrected chi connectivity index (χ2v) is 5.28. The lowest BCUT2D eigenvalue weighted by molar-refractivity contribution is 0.0696. The maximum atomic E-state index is 11.0. The fourth-order valence-corrected chi connectivity index (χ4v) is 2.85. The molecular formula is C14H17N3O2. The molecule has 0 atom stereocenters. The predicted octanol–water partition coefficient (Wildman–Crippen LogP) is 2.55. The van der Waals surface area contributed by atoms with Gasteiger partial charge in [0.05, 0.1) is 5.56 Å². The van der Waals surface area contributed by atoms with Crippen LogP contribution in [0.15, 0.2) is 18.3 Å². The molecule has 3 rings (SSSR count). The minimum atomic E-state index is -0.917. The number of fused-ring (bicyclic) bond motifs is 1. The van der Waals surface area contributed by atoms with Crippen LogP contribution in [-0.4, -0.2) is 25.7 Å². The van der Waals surface area contributed by atoms with E-state index in [0.29, 0.717) is 5.92 Å². The number of hydrogen-bond donors (Lipinski definition) is 1. The van der Waals surface area contributed by atoms with Crippen molar-refractivity contribution in [3.8, 4) is 0 Å². The quantitative estimate of drug-likeness (QED) is 0.919. The van der Waals surface area contributed by atoms with Gasteiger partial charge >= 0.3 is 5.97 Å². The maximum absolute atomic E-state index is 11.0. The summed E-state index contributed by atoms with van der Waals surface area (Å²) in [6, 6.07) is 3.28. The SMILES string of the molecule is O=C(O)c1ccc2nnc(CC3CCCCC3)n2c1. The Bertz CT molecular complexity index is 600. The Labute approximate surface area is 111 Å². The molecule has 1 saturated carbocycles. The van der Waals surface area contributed by atoms with Gasteiger partial charge in [-0.3, -0.25) is 4.40 Å². The second-order valence-electron chi connectivity index (χ2n) is 5.28. The van der Waals surface area contributed by atoms with E-state index in [2.05, 4.69) is 10.2 Å². The molecule has 0 bridgehead atoms. The zero-order chi connectivity index (χ0) is 13.2. The predicted molar refractivity (Wildman–Crippen MR) is 70.2 cm³/mol. The molecule has 5 nitrogen and oxygen atoms in total. The molecule has 1 aliphatic carbocycles. The van der Waals surface area contributed by atoms with Gasteiger partial charge in [0.15, 0.2) is 5.65 Å². The number of aromatic carboxylic acids is 1. The van der Waals surface area contributed by atoms with Crippen molar-refractivity contribution in [1.82, 2.24) is 14.6 Å². The summed E-state index contributed by atoms with van der Waals surface area (Å²) in [6.07, 6.45) is 8.92. The van der Waals surface area contributed by atoms with E-state index < -0.39 is 5.97 Å². The average molecular weight is 259 g/mol. The summed E-state index contributed by atoms with van der Waals surface area (Å²) in [5, 5.41) is 17.4. The average Bonchev–Trinajstić information content (AvgIpc) is 2.82. The van der Waals surface area contributed by atoms with Crippen LogP contribution in [0.3, 0.4) is 0 Å². The van der Waals surface area contributed by atoms with Crippen molar-refractivity contribution in [1.29, 1.82) is 0 Å². The molecule has 0 unspecified atom stereocenters. The molecule has 0 radical (unpaired) electrons. The van der Waals surface area contributed by atoms with E-state index in [1.165, 1.54) is 32.1 Å². The van der Waals surface area contributed by atoms with E-state index >= 15 is 0 Å². The molecule has 100 valence electrons. The maximum Gasteiger partial charge on any atom is 0.337 e. The van der Waals surface area contributed by atoms with Gasteiger partial charge < -0.3 is 5.11 Å². The molecule has 2 heterocycles. The van der Waals surface area contributed by atoms with Crippen LogP contribution in [0.5, 0.6) is 0 Å². The molecular weight excluding hydrogens is 242 g/mol. The van der Waals surface area contributed by atoms with Gasteiger partial charge in [-0.15, -0.1) is 10.2 Å². The minimum absolute atomic E-state index is 0.275. The first-order valence-electron chi connectivity index (χ1n) is 6.81. The van der Waals surface area contributed by atoms with Gasteiger partial charge in [-0.1, -0.05) is 32.1 Å². The fourth-order valence-electron chi connectivity index (χ4n) is 2.85. The Kier molecular flexibility index (Phi) is 3.19. The molecule has 1 N–H and O–H groups in total. The van der Waals surface area contributed by atoms with E-state index in [9.17, 15) is 4.79 Å². The number of hydrogen-bond acceptors (Lipinski definition) is 3. The molecule has 0 aromatic carbocycles. The molecule has 0 saturated heterocycles. The highest BCUT2D eigenvalue weighted by molar-refractivity contribution is 5.87. The largest absolute Gasteiger partial charge is 0.478 e. The number of carboxylic acid groups (broad SMARTS) is 1. The van der Waals surface area contributed by atoms with E-state index in [4.69, 9.17) is 5.11 Å². The van der Waals surface area contributed by atoms with Gasteiger partial charge in [-0.2, -0.15) is 0 Å². The highest BCUT2D eigenvalue weighted by Gasteiger charge is 2.17. The van der Waals surface area contributed by atoms with Crippen molar-refractivity contribution >= 4 is 11.6 Å². The van der Waals surface area contributed by atoms with Crippen molar-refractivity contribution in [2.75, 3.05) is 0 Å². The Morgan fingerprint density at radius 3 is 2.79 bits per heavy atom. The molecule has 1 aliphatic rings. The van der Waals surface area contributed by atoms with Crippen LogP contribution < -0.4 is 0 Å². The lowest BCUT2D eigenvalue weighted by atomic mass is 9.87. The van der Waals surface area contributed by atoms with Gasteiger partial charge in [-0.25, -0.2) is 4.79 Å². The van der Waals surface area contributed by atoms with Crippen LogP contribution in [0.4, 0.5) is 0 Å². The zero-order valence-corrected chi connectivity index (χ0v) is 10.7. The molecule has 0 amide bonds. The molecule has 2 aromatic rings. The fraction of sp³-hybridized carbons (Fsp3) is 0.500. The summed E-state index contributed by atoms with van der Waals surface area (Å²) >= 11 is 0. The number of carboxylic acids is 1. The van der Waals surface area contributed by atoms with Crippen molar-refractivity contribution in [2.24, 2.45) is 5.92 Å². The molecule has 5 heteroatoms. The zero-order valence-electron chi connectivity index (χ0n) is 10.7. The van der Waals surface area contributed by atoms with Crippen molar-refractivity contribution in [2.45, 2.75) is 38.5 Å². The standard InChI is InChI=1S/C14H17N3O2/c18-14(19)11-6-7-12-15-16-13(17(12)9-11)8-10-4-2-1-3-5-10/h6-7,9-10H,1-5,8H2,(H,18,19). The van der Waals surface area contributed by atoms with Crippen molar-refractivity contribution in [3.63, 3.8) is 0 Å². The van der Waals surface area contributed by atoms with Gasteiger partial charge in [-0.05, 0) is 18.1 Å². The van der Waals surface area contributed by atoms with Gasteiger partial charge in [0, 0.05) is 12.6 Å². The van der Waals surface area contributed by atoms with Crippen LogP contribution in [0.25, 0.3) is 5.65 Å². The number of nitrogens with zero attached hydrogens (tertiary/aromatic N) is 3. The Hall–Kier alpha value is -1.91. The molecule has 1 fully saturated rings. The third kappa shape index (κ3) is 2.45. The number of carbonyl (C=O) groups is 1. The molecule has 2 aromatic heterocycles. The molecule has 0 spiro atoms. The van der Waals surface area contributed by atoms with Gasteiger partial charge in [0.25, 0.3) is 0 Å². The number of rotatable bonds is 3. The van der Waals surface area contributed by atoms with Gasteiger partial charge in [0.1, 0.15) is 5.82 Å². The van der Waals surface area contributed by atoms with Crippen molar-refractivity contribution in [3.05, 3.63) is 29.7 Å². The van der Waals surface area contributed by atoms with Crippen LogP contribution in [0.2, 0.25) is 0 Å². The van der Waals surface area contributed by atoms with E-state index in [1.54, 1.807) is 18.3 Å². The Morgan fingerprint density at radius 1 is 1.26 bits per heavy atom. The summed E-state index contributed by atoms with van der Waals surface area (Å²) in [6.45, 7) is 0. The minimum Gasteiger partial charge on any atom is -0.478 e. The van der Waals surface area contributed by atoms with Crippen LogP contribution in [-0.2, 0) is 6.42 Å². The summed E-state index contributed by atoms with van der Waals surface area (Å²) < 4.78 is 1.82.